The maximum atomic E-state index is 13.4. The highest BCUT2D eigenvalue weighted by molar-refractivity contribution is 7.15. The maximum absolute atomic E-state index is 13.4. The number of halogens is 3. The Morgan fingerprint density at radius 3 is 2.58 bits per heavy atom. The Hall–Kier alpha value is -2.49. The number of hydrogen-bond acceptors (Lipinski definition) is 5. The minimum absolute atomic E-state index is 0.0124. The molecule has 0 radical (unpaired) electrons. The highest BCUT2D eigenvalue weighted by Gasteiger charge is 2.37. The van der Waals surface area contributed by atoms with Crippen molar-refractivity contribution in [1.82, 2.24) is 19.6 Å². The molecule has 26 heavy (non-hydrogen) atoms. The van der Waals surface area contributed by atoms with E-state index in [-0.39, 0.29) is 17.3 Å². The van der Waals surface area contributed by atoms with E-state index in [1.807, 2.05) is 13.8 Å². The number of aryl methyl sites for hydroxylation is 2. The summed E-state index contributed by atoms with van der Waals surface area (Å²) in [5.41, 5.74) is 0.127. The minimum Gasteiger partial charge on any atom is -0.296 e. The lowest BCUT2D eigenvalue weighted by atomic mass is 10.2. The molecule has 3 heterocycles. The van der Waals surface area contributed by atoms with Gasteiger partial charge in [0.15, 0.2) is 16.5 Å². The first-order valence-electron chi connectivity index (χ1n) is 7.95. The number of carbonyl (C=O) groups is 1. The summed E-state index contributed by atoms with van der Waals surface area (Å²) in [6, 6.07) is 2.29. The molecule has 1 saturated carbocycles. The Kier molecular flexibility index (Phi) is 3.76. The number of nitrogens with one attached hydrogen (secondary N) is 1. The fourth-order valence-corrected chi connectivity index (χ4v) is 3.39. The van der Waals surface area contributed by atoms with E-state index in [0.717, 1.165) is 29.5 Å². The van der Waals surface area contributed by atoms with E-state index in [1.54, 1.807) is 0 Å². The number of nitrogens with zero attached hydrogens (tertiary/aromatic N) is 4. The summed E-state index contributed by atoms with van der Waals surface area (Å²) < 4.78 is 40.8. The lowest BCUT2D eigenvalue weighted by molar-refractivity contribution is -0.142. The van der Waals surface area contributed by atoms with Gasteiger partial charge in [-0.15, -0.1) is 11.3 Å². The molecule has 0 aromatic carbocycles. The smallest absolute Gasteiger partial charge is 0.296 e. The van der Waals surface area contributed by atoms with Gasteiger partial charge in [-0.3, -0.25) is 10.1 Å². The number of rotatable bonds is 3. The van der Waals surface area contributed by atoms with Crippen LogP contribution in [-0.4, -0.2) is 25.5 Å². The van der Waals surface area contributed by atoms with Gasteiger partial charge in [-0.1, -0.05) is 0 Å². The van der Waals surface area contributed by atoms with Crippen LogP contribution >= 0.6 is 11.3 Å². The van der Waals surface area contributed by atoms with Crippen LogP contribution in [-0.2, 0) is 6.18 Å². The summed E-state index contributed by atoms with van der Waals surface area (Å²) in [7, 11) is 0. The van der Waals surface area contributed by atoms with E-state index in [9.17, 15) is 18.0 Å². The molecular weight excluding hydrogens is 367 g/mol. The lowest BCUT2D eigenvalue weighted by Crippen LogP contribution is -2.16. The van der Waals surface area contributed by atoms with E-state index in [0.29, 0.717) is 15.3 Å². The van der Waals surface area contributed by atoms with Crippen molar-refractivity contribution < 1.29 is 18.0 Å². The van der Waals surface area contributed by atoms with Crippen LogP contribution in [0.3, 0.4) is 0 Å². The summed E-state index contributed by atoms with van der Waals surface area (Å²) in [4.78, 5) is 21.8. The van der Waals surface area contributed by atoms with E-state index in [4.69, 9.17) is 0 Å². The summed E-state index contributed by atoms with van der Waals surface area (Å²) >= 11 is 1.29. The van der Waals surface area contributed by atoms with Crippen molar-refractivity contribution in [2.75, 3.05) is 5.32 Å². The molecule has 1 amide bonds. The third-order valence-corrected chi connectivity index (χ3v) is 5.20. The predicted octanol–water partition coefficient (Wildman–Crippen LogP) is 3.95. The van der Waals surface area contributed by atoms with Crippen molar-refractivity contribution >= 4 is 28.0 Å². The van der Waals surface area contributed by atoms with Gasteiger partial charge >= 0.3 is 6.18 Å². The van der Waals surface area contributed by atoms with Crippen LogP contribution in [0.1, 0.15) is 51.2 Å². The third kappa shape index (κ3) is 3.05. The van der Waals surface area contributed by atoms with Crippen LogP contribution in [0.15, 0.2) is 12.1 Å². The lowest BCUT2D eigenvalue weighted by Gasteiger charge is -2.10. The molecule has 0 unspecified atom stereocenters. The van der Waals surface area contributed by atoms with Crippen molar-refractivity contribution in [3.63, 3.8) is 0 Å². The molecule has 4 rings (SSSR count). The molecule has 0 bridgehead atoms. The molecule has 0 aliphatic heterocycles. The van der Waals surface area contributed by atoms with Gasteiger partial charge in [0.1, 0.15) is 5.69 Å². The van der Waals surface area contributed by atoms with Crippen LogP contribution in [0.2, 0.25) is 0 Å². The molecule has 1 aliphatic carbocycles. The largest absolute Gasteiger partial charge is 0.433 e. The average Bonchev–Trinajstić information content (AvgIpc) is 3.23. The zero-order valence-electron chi connectivity index (χ0n) is 13.9. The van der Waals surface area contributed by atoms with E-state index in [1.165, 1.54) is 17.4 Å². The van der Waals surface area contributed by atoms with Gasteiger partial charge in [0.2, 0.25) is 0 Å². The SMILES string of the molecule is Cc1nc(NC(=O)c2cc3nc(C4CC4)cc(C(F)(F)F)n3n2)sc1C. The number of fused-ring (bicyclic) bond motifs is 1. The number of aromatic nitrogens is 4. The number of alkyl halides is 3. The Bertz CT molecular complexity index is 999. The van der Waals surface area contributed by atoms with Gasteiger partial charge in [-0.05, 0) is 32.8 Å². The number of hydrogen-bond donors (Lipinski definition) is 1. The Morgan fingerprint density at radius 1 is 1.27 bits per heavy atom. The molecular formula is C16H14F3N5OS. The number of carbonyl (C=O) groups excluding carboxylic acids is 1. The van der Waals surface area contributed by atoms with Crippen LogP contribution < -0.4 is 5.32 Å². The number of amides is 1. The average molecular weight is 381 g/mol. The maximum Gasteiger partial charge on any atom is 0.433 e. The van der Waals surface area contributed by atoms with Gasteiger partial charge in [-0.2, -0.15) is 18.3 Å². The highest BCUT2D eigenvalue weighted by Crippen LogP contribution is 2.41. The Balaban J connectivity index is 1.73. The van der Waals surface area contributed by atoms with Crippen LogP contribution in [0.4, 0.5) is 18.3 Å². The van der Waals surface area contributed by atoms with Crippen LogP contribution in [0.5, 0.6) is 0 Å². The predicted molar refractivity (Wildman–Crippen MR) is 89.5 cm³/mol. The quantitative estimate of drug-likeness (QED) is 0.746. The van der Waals surface area contributed by atoms with Crippen molar-refractivity contribution in [1.29, 1.82) is 0 Å². The standard InChI is InChI=1S/C16H14F3N5OS/c1-7-8(2)26-15(20-7)22-14(25)11-6-13-21-10(9-3-4-9)5-12(16(17,18)19)24(13)23-11/h5-6,9H,3-4H2,1-2H3,(H,20,22,25). The summed E-state index contributed by atoms with van der Waals surface area (Å²) in [5, 5.41) is 6.78. The molecule has 1 fully saturated rings. The van der Waals surface area contributed by atoms with E-state index >= 15 is 0 Å². The van der Waals surface area contributed by atoms with Crippen LogP contribution in [0.25, 0.3) is 5.65 Å². The highest BCUT2D eigenvalue weighted by atomic mass is 32.1. The second-order valence-electron chi connectivity index (χ2n) is 6.25. The van der Waals surface area contributed by atoms with Gasteiger partial charge in [0, 0.05) is 22.6 Å². The third-order valence-electron chi connectivity index (χ3n) is 4.21. The molecule has 0 saturated heterocycles. The molecule has 3 aromatic rings. The fourth-order valence-electron chi connectivity index (χ4n) is 2.58. The van der Waals surface area contributed by atoms with Crippen molar-refractivity contribution in [2.45, 2.75) is 38.8 Å². The second kappa shape index (κ2) is 5.76. The summed E-state index contributed by atoms with van der Waals surface area (Å²) in [6.45, 7) is 3.68. The first-order chi connectivity index (χ1) is 12.2. The zero-order chi connectivity index (χ0) is 18.6. The monoisotopic (exact) mass is 381 g/mol. The summed E-state index contributed by atoms with van der Waals surface area (Å²) in [5.74, 6) is -0.570. The van der Waals surface area contributed by atoms with Crippen molar-refractivity contribution in [3.8, 4) is 0 Å². The van der Waals surface area contributed by atoms with Crippen LogP contribution in [0, 0.1) is 13.8 Å². The first kappa shape index (κ1) is 17.0. The zero-order valence-corrected chi connectivity index (χ0v) is 14.7. The van der Waals surface area contributed by atoms with Gasteiger partial charge in [0.05, 0.1) is 5.69 Å². The van der Waals surface area contributed by atoms with E-state index in [2.05, 4.69) is 20.4 Å². The molecule has 0 atom stereocenters. The Labute approximate surface area is 150 Å². The van der Waals surface area contributed by atoms with Gasteiger partial charge in [-0.25, -0.2) is 14.5 Å². The molecule has 10 heteroatoms. The second-order valence-corrected chi connectivity index (χ2v) is 7.46. The van der Waals surface area contributed by atoms with Gasteiger partial charge < -0.3 is 0 Å². The van der Waals surface area contributed by atoms with Crippen molar-refractivity contribution in [3.05, 3.63) is 39.8 Å². The van der Waals surface area contributed by atoms with Gasteiger partial charge in [0.25, 0.3) is 5.91 Å². The first-order valence-corrected chi connectivity index (χ1v) is 8.77. The number of thiazole rings is 1. The molecule has 136 valence electrons. The topological polar surface area (TPSA) is 72.2 Å². The normalized spacial score (nSPS) is 14.8. The molecule has 6 nitrogen and oxygen atoms in total. The molecule has 1 N–H and O–H groups in total. The summed E-state index contributed by atoms with van der Waals surface area (Å²) in [6.07, 6.45) is -2.94. The Morgan fingerprint density at radius 2 is 2.00 bits per heavy atom. The molecule has 1 aliphatic rings. The number of anilines is 1. The fraction of sp³-hybridized carbons (Fsp3) is 0.375. The van der Waals surface area contributed by atoms with Crippen molar-refractivity contribution in [2.24, 2.45) is 0 Å². The molecule has 3 aromatic heterocycles. The van der Waals surface area contributed by atoms with E-state index < -0.39 is 17.8 Å². The molecule has 0 spiro atoms. The minimum atomic E-state index is -4.59.